The van der Waals surface area contributed by atoms with Crippen LogP contribution in [0.25, 0.3) is 0 Å². The quantitative estimate of drug-likeness (QED) is 0.880. The molecule has 1 aromatic heterocycles. The fourth-order valence-electron chi connectivity index (χ4n) is 2.55. The largest absolute Gasteiger partial charge is 0.352 e. The molecule has 2 aromatic rings. The van der Waals surface area contributed by atoms with Gasteiger partial charge in [0.2, 0.25) is 5.91 Å². The monoisotopic (exact) mass is 281 g/mol. The second kappa shape index (κ2) is 6.50. The lowest BCUT2D eigenvalue weighted by Crippen LogP contribution is -2.23. The highest BCUT2D eigenvalue weighted by Crippen LogP contribution is 2.16. The van der Waals surface area contributed by atoms with E-state index < -0.39 is 0 Å². The second-order valence-electron chi connectivity index (χ2n) is 5.34. The van der Waals surface area contributed by atoms with E-state index in [4.69, 9.17) is 0 Å². The Kier molecular flexibility index (Phi) is 4.26. The summed E-state index contributed by atoms with van der Waals surface area (Å²) in [5.74, 6) is 0.0884. The minimum Gasteiger partial charge on any atom is -0.352 e. The number of nitrogens with one attached hydrogen (secondary N) is 2. The van der Waals surface area contributed by atoms with Crippen LogP contribution >= 0.6 is 0 Å². The number of nitrogens with zero attached hydrogens (tertiary/aromatic N) is 1. The zero-order valence-electron chi connectivity index (χ0n) is 11.9. The SMILES string of the molecule is O=C(CCc1ccncc1)NCc1ccc2c(c1)CNC2. The molecule has 0 spiro atoms. The minimum atomic E-state index is 0.0884. The topological polar surface area (TPSA) is 54.0 Å². The summed E-state index contributed by atoms with van der Waals surface area (Å²) in [5.41, 5.74) is 5.01. The molecule has 4 nitrogen and oxygen atoms in total. The van der Waals surface area contributed by atoms with Crippen molar-refractivity contribution in [1.29, 1.82) is 0 Å². The minimum absolute atomic E-state index is 0.0884. The number of hydrogen-bond donors (Lipinski definition) is 2. The molecule has 2 heterocycles. The summed E-state index contributed by atoms with van der Waals surface area (Å²) in [6, 6.07) is 10.3. The molecule has 1 aliphatic rings. The number of rotatable bonds is 5. The van der Waals surface area contributed by atoms with Crippen molar-refractivity contribution < 1.29 is 4.79 Å². The fraction of sp³-hybridized carbons (Fsp3) is 0.294. The van der Waals surface area contributed by atoms with Crippen LogP contribution in [0.2, 0.25) is 0 Å². The van der Waals surface area contributed by atoms with Crippen LogP contribution in [0.15, 0.2) is 42.7 Å². The first-order valence-electron chi connectivity index (χ1n) is 7.28. The Labute approximate surface area is 124 Å². The zero-order chi connectivity index (χ0) is 14.5. The molecule has 0 fully saturated rings. The molecule has 4 heteroatoms. The van der Waals surface area contributed by atoms with Gasteiger partial charge in [-0.25, -0.2) is 0 Å². The van der Waals surface area contributed by atoms with Gasteiger partial charge in [0.1, 0.15) is 0 Å². The number of hydrogen-bond acceptors (Lipinski definition) is 3. The van der Waals surface area contributed by atoms with Gasteiger partial charge in [0.15, 0.2) is 0 Å². The Bertz CT molecular complexity index is 625. The number of pyridine rings is 1. The van der Waals surface area contributed by atoms with Gasteiger partial charge < -0.3 is 10.6 Å². The fourth-order valence-corrected chi connectivity index (χ4v) is 2.55. The van der Waals surface area contributed by atoms with Gasteiger partial charge in [-0.1, -0.05) is 18.2 Å². The van der Waals surface area contributed by atoms with Gasteiger partial charge in [-0.05, 0) is 40.8 Å². The van der Waals surface area contributed by atoms with Gasteiger partial charge in [-0.2, -0.15) is 0 Å². The van der Waals surface area contributed by atoms with Crippen LogP contribution in [-0.4, -0.2) is 10.9 Å². The normalized spacial score (nSPS) is 13.0. The number of benzene rings is 1. The maximum Gasteiger partial charge on any atom is 0.220 e. The third kappa shape index (κ3) is 3.67. The molecule has 0 aliphatic carbocycles. The Morgan fingerprint density at radius 1 is 1.10 bits per heavy atom. The third-order valence-corrected chi connectivity index (χ3v) is 3.78. The standard InChI is InChI=1S/C17H19N3O/c21-17(4-2-13-5-7-18-8-6-13)20-10-14-1-3-15-11-19-12-16(15)9-14/h1,3,5-9,19H,2,4,10-12H2,(H,20,21). The molecule has 0 radical (unpaired) electrons. The van der Waals surface area contributed by atoms with Crippen LogP contribution in [0, 0.1) is 0 Å². The molecule has 1 aliphatic heterocycles. The summed E-state index contributed by atoms with van der Waals surface area (Å²) < 4.78 is 0. The Balaban J connectivity index is 1.47. The first-order chi connectivity index (χ1) is 10.3. The number of aromatic nitrogens is 1. The molecular weight excluding hydrogens is 262 g/mol. The second-order valence-corrected chi connectivity index (χ2v) is 5.34. The molecule has 0 unspecified atom stereocenters. The lowest BCUT2D eigenvalue weighted by atomic mass is 10.1. The highest BCUT2D eigenvalue weighted by atomic mass is 16.1. The van der Waals surface area contributed by atoms with E-state index in [1.807, 2.05) is 12.1 Å². The molecule has 0 bridgehead atoms. The first kappa shape index (κ1) is 13.8. The van der Waals surface area contributed by atoms with Crippen LogP contribution in [0.4, 0.5) is 0 Å². The summed E-state index contributed by atoms with van der Waals surface area (Å²) in [4.78, 5) is 15.9. The highest BCUT2D eigenvalue weighted by molar-refractivity contribution is 5.76. The lowest BCUT2D eigenvalue weighted by Gasteiger charge is -2.07. The lowest BCUT2D eigenvalue weighted by molar-refractivity contribution is -0.121. The maximum absolute atomic E-state index is 11.9. The van der Waals surface area contributed by atoms with E-state index in [1.165, 1.54) is 11.1 Å². The van der Waals surface area contributed by atoms with E-state index in [-0.39, 0.29) is 5.91 Å². The summed E-state index contributed by atoms with van der Waals surface area (Å²) >= 11 is 0. The molecule has 21 heavy (non-hydrogen) atoms. The molecule has 0 saturated heterocycles. The number of amides is 1. The van der Waals surface area contributed by atoms with Gasteiger partial charge in [0, 0.05) is 38.4 Å². The average molecular weight is 281 g/mol. The summed E-state index contributed by atoms with van der Waals surface area (Å²) in [6.07, 6.45) is 4.77. The number of carbonyl (C=O) groups is 1. The van der Waals surface area contributed by atoms with E-state index in [9.17, 15) is 4.79 Å². The number of aryl methyl sites for hydroxylation is 1. The van der Waals surface area contributed by atoms with E-state index in [1.54, 1.807) is 12.4 Å². The van der Waals surface area contributed by atoms with E-state index in [0.717, 1.165) is 30.6 Å². The van der Waals surface area contributed by atoms with Crippen molar-refractivity contribution in [3.63, 3.8) is 0 Å². The molecule has 3 rings (SSSR count). The van der Waals surface area contributed by atoms with Crippen molar-refractivity contribution >= 4 is 5.91 Å². The molecule has 2 N–H and O–H groups in total. The Morgan fingerprint density at radius 3 is 2.76 bits per heavy atom. The van der Waals surface area contributed by atoms with Crippen LogP contribution in [0.5, 0.6) is 0 Å². The zero-order valence-corrected chi connectivity index (χ0v) is 11.9. The highest BCUT2D eigenvalue weighted by Gasteiger charge is 2.10. The van der Waals surface area contributed by atoms with Gasteiger partial charge in [0.25, 0.3) is 0 Å². The Morgan fingerprint density at radius 2 is 1.90 bits per heavy atom. The van der Waals surface area contributed by atoms with Crippen LogP contribution in [-0.2, 0) is 30.8 Å². The van der Waals surface area contributed by atoms with Crippen molar-refractivity contribution in [2.24, 2.45) is 0 Å². The number of fused-ring (bicyclic) bond motifs is 1. The van der Waals surface area contributed by atoms with Crippen molar-refractivity contribution in [2.45, 2.75) is 32.5 Å². The smallest absolute Gasteiger partial charge is 0.220 e. The van der Waals surface area contributed by atoms with Crippen molar-refractivity contribution in [1.82, 2.24) is 15.6 Å². The van der Waals surface area contributed by atoms with E-state index in [2.05, 4.69) is 33.8 Å². The van der Waals surface area contributed by atoms with Crippen LogP contribution in [0.1, 0.15) is 28.7 Å². The van der Waals surface area contributed by atoms with Crippen molar-refractivity contribution in [3.8, 4) is 0 Å². The molecule has 1 aromatic carbocycles. The van der Waals surface area contributed by atoms with Crippen LogP contribution < -0.4 is 10.6 Å². The predicted molar refractivity (Wildman–Crippen MR) is 81.4 cm³/mol. The van der Waals surface area contributed by atoms with Gasteiger partial charge >= 0.3 is 0 Å². The first-order valence-corrected chi connectivity index (χ1v) is 7.28. The maximum atomic E-state index is 11.9. The third-order valence-electron chi connectivity index (χ3n) is 3.78. The summed E-state index contributed by atoms with van der Waals surface area (Å²) in [6.45, 7) is 2.48. The van der Waals surface area contributed by atoms with Crippen molar-refractivity contribution in [2.75, 3.05) is 0 Å². The molecule has 1 amide bonds. The van der Waals surface area contributed by atoms with E-state index >= 15 is 0 Å². The predicted octanol–water partition coefficient (Wildman–Crippen LogP) is 1.93. The Hall–Kier alpha value is -2.20. The molecule has 0 atom stereocenters. The molecule has 0 saturated carbocycles. The van der Waals surface area contributed by atoms with Gasteiger partial charge in [-0.3, -0.25) is 9.78 Å². The number of carbonyl (C=O) groups excluding carboxylic acids is 1. The van der Waals surface area contributed by atoms with Crippen molar-refractivity contribution in [3.05, 3.63) is 65.0 Å². The molecule has 108 valence electrons. The van der Waals surface area contributed by atoms with Crippen LogP contribution in [0.3, 0.4) is 0 Å². The van der Waals surface area contributed by atoms with Gasteiger partial charge in [0.05, 0.1) is 0 Å². The average Bonchev–Trinajstić information content (AvgIpc) is 2.99. The summed E-state index contributed by atoms with van der Waals surface area (Å²) in [7, 11) is 0. The summed E-state index contributed by atoms with van der Waals surface area (Å²) in [5, 5.41) is 6.31. The van der Waals surface area contributed by atoms with Gasteiger partial charge in [-0.15, -0.1) is 0 Å². The molecular formula is C17H19N3O. The van der Waals surface area contributed by atoms with E-state index in [0.29, 0.717) is 13.0 Å².